The van der Waals surface area contributed by atoms with Crippen molar-refractivity contribution >= 4 is 0 Å². The summed E-state index contributed by atoms with van der Waals surface area (Å²) in [5, 5.41) is 3.58. The molecule has 1 aliphatic carbocycles. The van der Waals surface area contributed by atoms with Crippen molar-refractivity contribution in [1.29, 1.82) is 0 Å². The van der Waals surface area contributed by atoms with Gasteiger partial charge in [-0.1, -0.05) is 45.4 Å². The molecule has 2 rings (SSSR count). The SMILES string of the molecule is CC1CCCCCCC2CCNCCC12. The first-order valence-electron chi connectivity index (χ1n) is 7.08. The molecule has 0 bridgehead atoms. The van der Waals surface area contributed by atoms with Crippen molar-refractivity contribution < 1.29 is 0 Å². The smallest absolute Gasteiger partial charge is 0.00461 e. The quantitative estimate of drug-likeness (QED) is 0.643. The minimum atomic E-state index is 0.980. The summed E-state index contributed by atoms with van der Waals surface area (Å²) in [6.45, 7) is 5.05. The van der Waals surface area contributed by atoms with Gasteiger partial charge >= 0.3 is 0 Å². The van der Waals surface area contributed by atoms with E-state index in [1.807, 2.05) is 0 Å². The van der Waals surface area contributed by atoms with Crippen molar-refractivity contribution in [3.63, 3.8) is 0 Å². The second kappa shape index (κ2) is 5.89. The normalized spacial score (nSPS) is 39.4. The van der Waals surface area contributed by atoms with Gasteiger partial charge in [-0.25, -0.2) is 0 Å². The van der Waals surface area contributed by atoms with Gasteiger partial charge in [0, 0.05) is 0 Å². The van der Waals surface area contributed by atoms with Gasteiger partial charge in [0.25, 0.3) is 0 Å². The van der Waals surface area contributed by atoms with E-state index < -0.39 is 0 Å². The molecule has 2 aliphatic rings. The molecule has 88 valence electrons. The molecule has 1 heteroatoms. The summed E-state index contributed by atoms with van der Waals surface area (Å²) >= 11 is 0. The molecular formula is C14H27N. The molecule has 1 N–H and O–H groups in total. The lowest BCUT2D eigenvalue weighted by Crippen LogP contribution is -2.21. The van der Waals surface area contributed by atoms with Crippen LogP contribution in [0.5, 0.6) is 0 Å². The van der Waals surface area contributed by atoms with Crippen LogP contribution >= 0.6 is 0 Å². The minimum absolute atomic E-state index is 0.980. The molecule has 2 fully saturated rings. The van der Waals surface area contributed by atoms with Crippen molar-refractivity contribution in [2.75, 3.05) is 13.1 Å². The monoisotopic (exact) mass is 209 g/mol. The van der Waals surface area contributed by atoms with E-state index >= 15 is 0 Å². The van der Waals surface area contributed by atoms with Crippen LogP contribution in [0, 0.1) is 17.8 Å². The number of fused-ring (bicyclic) bond motifs is 1. The third-order valence-corrected chi connectivity index (χ3v) is 4.67. The fraction of sp³-hybridized carbons (Fsp3) is 1.00. The molecule has 1 saturated carbocycles. The lowest BCUT2D eigenvalue weighted by Gasteiger charge is -2.29. The number of rotatable bonds is 0. The Morgan fingerprint density at radius 1 is 0.800 bits per heavy atom. The molecule has 1 aliphatic heterocycles. The Kier molecular flexibility index (Phi) is 4.49. The average Bonchev–Trinajstić information content (AvgIpc) is 2.43. The molecule has 0 aromatic heterocycles. The van der Waals surface area contributed by atoms with Crippen LogP contribution in [0.1, 0.15) is 58.3 Å². The molecule has 1 saturated heterocycles. The Balaban J connectivity index is 2.00. The van der Waals surface area contributed by atoms with Crippen LogP contribution in [-0.4, -0.2) is 13.1 Å². The molecule has 0 radical (unpaired) electrons. The fourth-order valence-electron chi connectivity index (χ4n) is 3.68. The van der Waals surface area contributed by atoms with Crippen molar-refractivity contribution in [2.24, 2.45) is 17.8 Å². The second-order valence-corrected chi connectivity index (χ2v) is 5.72. The van der Waals surface area contributed by atoms with Gasteiger partial charge in [0.2, 0.25) is 0 Å². The molecule has 0 amide bonds. The van der Waals surface area contributed by atoms with Crippen LogP contribution in [0.15, 0.2) is 0 Å². The zero-order valence-corrected chi connectivity index (χ0v) is 10.3. The van der Waals surface area contributed by atoms with Crippen LogP contribution in [0.2, 0.25) is 0 Å². The maximum absolute atomic E-state index is 3.58. The third-order valence-electron chi connectivity index (χ3n) is 4.67. The summed E-state index contributed by atoms with van der Waals surface area (Å²) in [4.78, 5) is 0. The van der Waals surface area contributed by atoms with E-state index in [1.165, 1.54) is 64.5 Å². The van der Waals surface area contributed by atoms with E-state index in [9.17, 15) is 0 Å². The van der Waals surface area contributed by atoms with Crippen molar-refractivity contribution in [1.82, 2.24) is 5.32 Å². The van der Waals surface area contributed by atoms with E-state index in [-0.39, 0.29) is 0 Å². The van der Waals surface area contributed by atoms with Gasteiger partial charge < -0.3 is 5.32 Å². The molecule has 0 spiro atoms. The van der Waals surface area contributed by atoms with Crippen molar-refractivity contribution in [3.8, 4) is 0 Å². The van der Waals surface area contributed by atoms with Crippen LogP contribution in [-0.2, 0) is 0 Å². The number of hydrogen-bond donors (Lipinski definition) is 1. The maximum atomic E-state index is 3.58. The maximum Gasteiger partial charge on any atom is -0.00461 e. The Morgan fingerprint density at radius 2 is 1.53 bits per heavy atom. The van der Waals surface area contributed by atoms with Crippen LogP contribution in [0.4, 0.5) is 0 Å². The van der Waals surface area contributed by atoms with Crippen LogP contribution in [0.25, 0.3) is 0 Å². The highest BCUT2D eigenvalue weighted by atomic mass is 14.9. The molecule has 3 unspecified atom stereocenters. The Hall–Kier alpha value is -0.0400. The molecule has 0 aromatic carbocycles. The van der Waals surface area contributed by atoms with Gasteiger partial charge in [0.15, 0.2) is 0 Å². The van der Waals surface area contributed by atoms with Crippen LogP contribution in [0.3, 0.4) is 0 Å². The Bertz CT molecular complexity index is 178. The second-order valence-electron chi connectivity index (χ2n) is 5.72. The lowest BCUT2D eigenvalue weighted by atomic mass is 9.76. The number of hydrogen-bond acceptors (Lipinski definition) is 1. The van der Waals surface area contributed by atoms with Crippen molar-refractivity contribution in [3.05, 3.63) is 0 Å². The van der Waals surface area contributed by atoms with E-state index in [2.05, 4.69) is 12.2 Å². The summed E-state index contributed by atoms with van der Waals surface area (Å²) in [6.07, 6.45) is 11.8. The predicted octanol–water partition coefficient (Wildman–Crippen LogP) is 3.59. The van der Waals surface area contributed by atoms with Gasteiger partial charge in [0.1, 0.15) is 0 Å². The van der Waals surface area contributed by atoms with Gasteiger partial charge in [-0.3, -0.25) is 0 Å². The zero-order chi connectivity index (χ0) is 10.5. The molecule has 1 heterocycles. The Morgan fingerprint density at radius 3 is 2.40 bits per heavy atom. The fourth-order valence-corrected chi connectivity index (χ4v) is 3.68. The lowest BCUT2D eigenvalue weighted by molar-refractivity contribution is 0.212. The topological polar surface area (TPSA) is 12.0 Å². The summed E-state index contributed by atoms with van der Waals surface area (Å²) in [5.41, 5.74) is 0. The highest BCUT2D eigenvalue weighted by molar-refractivity contribution is 4.80. The standard InChI is InChI=1S/C14H27N/c1-12-6-4-2-3-5-7-13-8-10-15-11-9-14(12)13/h12-15H,2-11H2,1H3. The molecule has 1 nitrogen and oxygen atoms in total. The minimum Gasteiger partial charge on any atom is -0.317 e. The first-order chi connectivity index (χ1) is 7.38. The highest BCUT2D eigenvalue weighted by Gasteiger charge is 2.28. The van der Waals surface area contributed by atoms with E-state index in [1.54, 1.807) is 0 Å². The van der Waals surface area contributed by atoms with E-state index in [0.29, 0.717) is 0 Å². The van der Waals surface area contributed by atoms with Gasteiger partial charge in [0.05, 0.1) is 0 Å². The first kappa shape index (κ1) is 11.4. The largest absolute Gasteiger partial charge is 0.317 e. The van der Waals surface area contributed by atoms with Crippen LogP contribution < -0.4 is 5.32 Å². The third kappa shape index (κ3) is 3.21. The first-order valence-corrected chi connectivity index (χ1v) is 7.08. The summed E-state index contributed by atoms with van der Waals surface area (Å²) in [5.74, 6) is 3.04. The summed E-state index contributed by atoms with van der Waals surface area (Å²) < 4.78 is 0. The summed E-state index contributed by atoms with van der Waals surface area (Å²) in [7, 11) is 0. The highest BCUT2D eigenvalue weighted by Crippen LogP contribution is 2.36. The van der Waals surface area contributed by atoms with Gasteiger partial charge in [-0.15, -0.1) is 0 Å². The predicted molar refractivity (Wildman–Crippen MR) is 65.9 cm³/mol. The molecule has 15 heavy (non-hydrogen) atoms. The van der Waals surface area contributed by atoms with E-state index in [4.69, 9.17) is 0 Å². The average molecular weight is 209 g/mol. The Labute approximate surface area is 95.0 Å². The molecule has 0 aromatic rings. The van der Waals surface area contributed by atoms with Crippen molar-refractivity contribution in [2.45, 2.75) is 58.3 Å². The van der Waals surface area contributed by atoms with E-state index in [0.717, 1.165) is 17.8 Å². The van der Waals surface area contributed by atoms with Gasteiger partial charge in [-0.2, -0.15) is 0 Å². The number of nitrogens with one attached hydrogen (secondary N) is 1. The summed E-state index contributed by atoms with van der Waals surface area (Å²) in [6, 6.07) is 0. The zero-order valence-electron chi connectivity index (χ0n) is 10.3. The molecule has 3 atom stereocenters. The van der Waals surface area contributed by atoms with Gasteiger partial charge in [-0.05, 0) is 43.7 Å². The molecular weight excluding hydrogens is 182 g/mol.